The summed E-state index contributed by atoms with van der Waals surface area (Å²) in [7, 11) is 0. The molecule has 1 unspecified atom stereocenters. The highest BCUT2D eigenvalue weighted by Gasteiger charge is 2.44. The van der Waals surface area contributed by atoms with Gasteiger partial charge in [-0.1, -0.05) is 92.6 Å². The van der Waals surface area contributed by atoms with Crippen LogP contribution in [-0.4, -0.2) is 0 Å². The Morgan fingerprint density at radius 1 is 0.919 bits per heavy atom. The summed E-state index contributed by atoms with van der Waals surface area (Å²) in [6.45, 7) is 10.7. The molecule has 3 atom stereocenters. The largest absolute Gasteiger partial charge is 0.356 e. The molecule has 2 nitrogen and oxygen atoms in total. The first-order valence-corrected chi connectivity index (χ1v) is 13.6. The van der Waals surface area contributed by atoms with Crippen molar-refractivity contribution in [2.75, 3.05) is 5.32 Å². The summed E-state index contributed by atoms with van der Waals surface area (Å²) in [6, 6.07) is 27.4. The predicted octanol–water partition coefficient (Wildman–Crippen LogP) is 9.37. The zero-order chi connectivity index (χ0) is 26.8. The SMILES string of the molecule is CC.CC1=C(Nc2ccc(F)cc2)C=C2CC[C@H](CC(N)c3ccccc3)[C@@]2(C)C1.Cc1ccccc1. The lowest BCUT2D eigenvalue weighted by atomic mass is 9.68. The van der Waals surface area contributed by atoms with Gasteiger partial charge >= 0.3 is 0 Å². The molecule has 0 bridgehead atoms. The number of benzene rings is 3. The average Bonchev–Trinajstić information content (AvgIpc) is 3.22. The Hall–Kier alpha value is -3.17. The van der Waals surface area contributed by atoms with Gasteiger partial charge in [0.05, 0.1) is 0 Å². The van der Waals surface area contributed by atoms with E-state index in [-0.39, 0.29) is 17.3 Å². The molecule has 3 N–H and O–H groups in total. The number of anilines is 1. The van der Waals surface area contributed by atoms with Gasteiger partial charge in [-0.25, -0.2) is 4.39 Å². The van der Waals surface area contributed by atoms with Crippen molar-refractivity contribution in [3.8, 4) is 0 Å². The molecule has 0 spiro atoms. The lowest BCUT2D eigenvalue weighted by Crippen LogP contribution is -2.30. The standard InChI is InChI=1S/C25H29FN2.C7H8.C2H6/c1-17-16-25(2)19(14-23(27)18-6-4-3-5-7-18)8-9-20(25)15-24(17)28-22-12-10-21(26)11-13-22;1-7-5-3-2-4-6-7;1-2/h3-7,10-13,15,19,23,28H,8-9,14,16,27H2,1-2H3;2-6H,1H3;1-2H3/t19-,23?,25-;;/m1../s1. The summed E-state index contributed by atoms with van der Waals surface area (Å²) >= 11 is 0. The molecular weight excluding hydrogens is 455 g/mol. The van der Waals surface area contributed by atoms with Crippen LogP contribution in [0.25, 0.3) is 0 Å². The van der Waals surface area contributed by atoms with Crippen molar-refractivity contribution in [3.63, 3.8) is 0 Å². The van der Waals surface area contributed by atoms with E-state index < -0.39 is 0 Å². The van der Waals surface area contributed by atoms with Crippen LogP contribution in [0, 0.1) is 24.1 Å². The second-order valence-electron chi connectivity index (χ2n) is 10.2. The van der Waals surface area contributed by atoms with E-state index in [2.05, 4.69) is 68.6 Å². The minimum absolute atomic E-state index is 0.0883. The Morgan fingerprint density at radius 2 is 1.51 bits per heavy atom. The van der Waals surface area contributed by atoms with E-state index in [1.807, 2.05) is 38.1 Å². The maximum absolute atomic E-state index is 13.2. The Labute approximate surface area is 223 Å². The minimum atomic E-state index is -0.209. The number of hydrogen-bond donors (Lipinski definition) is 2. The number of hydrogen-bond acceptors (Lipinski definition) is 2. The molecule has 196 valence electrons. The van der Waals surface area contributed by atoms with Gasteiger partial charge in [0, 0.05) is 17.4 Å². The second kappa shape index (κ2) is 13.4. The molecule has 0 aromatic heterocycles. The first-order chi connectivity index (χ1) is 17.8. The Morgan fingerprint density at radius 3 is 2.08 bits per heavy atom. The van der Waals surface area contributed by atoms with Gasteiger partial charge < -0.3 is 11.1 Å². The first kappa shape index (κ1) is 28.4. The van der Waals surface area contributed by atoms with Crippen molar-refractivity contribution in [2.24, 2.45) is 17.1 Å². The predicted molar refractivity (Wildman–Crippen MR) is 157 cm³/mol. The van der Waals surface area contributed by atoms with Gasteiger partial charge in [0.25, 0.3) is 0 Å². The third kappa shape index (κ3) is 7.42. The van der Waals surface area contributed by atoms with Gasteiger partial charge in [0.2, 0.25) is 0 Å². The van der Waals surface area contributed by atoms with Crippen LogP contribution in [0.5, 0.6) is 0 Å². The normalized spacial score (nSPS) is 20.9. The van der Waals surface area contributed by atoms with Crippen LogP contribution in [0.1, 0.15) is 70.5 Å². The van der Waals surface area contributed by atoms with Crippen molar-refractivity contribution in [1.82, 2.24) is 0 Å². The van der Waals surface area contributed by atoms with Crippen molar-refractivity contribution in [1.29, 1.82) is 0 Å². The van der Waals surface area contributed by atoms with Crippen molar-refractivity contribution in [3.05, 3.63) is 125 Å². The fraction of sp³-hybridized carbons (Fsp3) is 0.353. The number of aryl methyl sites for hydroxylation is 1. The average molecular weight is 499 g/mol. The minimum Gasteiger partial charge on any atom is -0.356 e. The molecule has 0 saturated heterocycles. The molecule has 1 fully saturated rings. The first-order valence-electron chi connectivity index (χ1n) is 13.6. The molecule has 0 aliphatic heterocycles. The second-order valence-corrected chi connectivity index (χ2v) is 10.2. The molecule has 1 saturated carbocycles. The van der Waals surface area contributed by atoms with Crippen LogP contribution in [0.3, 0.4) is 0 Å². The van der Waals surface area contributed by atoms with Crippen LogP contribution in [0.2, 0.25) is 0 Å². The number of rotatable bonds is 5. The van der Waals surface area contributed by atoms with Gasteiger partial charge in [-0.05, 0) is 92.3 Å². The van der Waals surface area contributed by atoms with E-state index in [0.717, 1.165) is 30.6 Å². The quantitative estimate of drug-likeness (QED) is 0.368. The number of allylic oxidation sites excluding steroid dienone is 3. The number of fused-ring (bicyclic) bond motifs is 1. The molecule has 3 aromatic carbocycles. The molecule has 5 rings (SSSR count). The Kier molecular flexibility index (Phi) is 10.3. The molecule has 0 heterocycles. The summed E-state index contributed by atoms with van der Waals surface area (Å²) in [5.74, 6) is 0.385. The van der Waals surface area contributed by atoms with Crippen molar-refractivity contribution < 1.29 is 4.39 Å². The number of nitrogens with one attached hydrogen (secondary N) is 1. The van der Waals surface area contributed by atoms with E-state index in [0.29, 0.717) is 5.92 Å². The highest BCUT2D eigenvalue weighted by atomic mass is 19.1. The van der Waals surface area contributed by atoms with E-state index in [4.69, 9.17) is 5.73 Å². The van der Waals surface area contributed by atoms with Gasteiger partial charge in [0.1, 0.15) is 5.82 Å². The van der Waals surface area contributed by atoms with E-state index in [1.165, 1.54) is 40.8 Å². The fourth-order valence-electron chi connectivity index (χ4n) is 5.52. The molecule has 3 aromatic rings. The summed E-state index contributed by atoms with van der Waals surface area (Å²) in [5.41, 5.74) is 14.3. The smallest absolute Gasteiger partial charge is 0.123 e. The molecule has 3 heteroatoms. The highest BCUT2D eigenvalue weighted by Crippen LogP contribution is 2.56. The lowest BCUT2D eigenvalue weighted by Gasteiger charge is -2.38. The van der Waals surface area contributed by atoms with E-state index in [1.54, 1.807) is 12.1 Å². The zero-order valence-corrected chi connectivity index (χ0v) is 23.1. The van der Waals surface area contributed by atoms with Crippen molar-refractivity contribution >= 4 is 5.69 Å². The van der Waals surface area contributed by atoms with E-state index >= 15 is 0 Å². The van der Waals surface area contributed by atoms with Crippen LogP contribution >= 0.6 is 0 Å². The maximum atomic E-state index is 13.2. The molecule has 0 amide bonds. The Bertz CT molecular complexity index is 1170. The summed E-state index contributed by atoms with van der Waals surface area (Å²) in [4.78, 5) is 0. The molecule has 0 radical (unpaired) electrons. The molecular formula is C34H43FN2. The molecule has 2 aliphatic rings. The molecule has 2 aliphatic carbocycles. The van der Waals surface area contributed by atoms with Gasteiger partial charge in [-0.2, -0.15) is 0 Å². The zero-order valence-electron chi connectivity index (χ0n) is 23.1. The van der Waals surface area contributed by atoms with Gasteiger partial charge in [0.15, 0.2) is 0 Å². The number of halogens is 1. The topological polar surface area (TPSA) is 38.0 Å². The number of nitrogens with two attached hydrogens (primary N) is 1. The van der Waals surface area contributed by atoms with Crippen molar-refractivity contribution in [2.45, 2.75) is 66.3 Å². The van der Waals surface area contributed by atoms with Crippen LogP contribution in [-0.2, 0) is 0 Å². The van der Waals surface area contributed by atoms with E-state index in [9.17, 15) is 4.39 Å². The summed E-state index contributed by atoms with van der Waals surface area (Å²) in [6.07, 6.45) is 6.72. The summed E-state index contributed by atoms with van der Waals surface area (Å²) in [5, 5.41) is 3.48. The highest BCUT2D eigenvalue weighted by molar-refractivity contribution is 5.54. The van der Waals surface area contributed by atoms with Gasteiger partial charge in [-0.3, -0.25) is 0 Å². The maximum Gasteiger partial charge on any atom is 0.123 e. The monoisotopic (exact) mass is 498 g/mol. The van der Waals surface area contributed by atoms with Crippen LogP contribution in [0.15, 0.2) is 108 Å². The van der Waals surface area contributed by atoms with Crippen LogP contribution < -0.4 is 11.1 Å². The summed E-state index contributed by atoms with van der Waals surface area (Å²) < 4.78 is 13.2. The third-order valence-corrected chi connectivity index (χ3v) is 7.64. The fourth-order valence-corrected chi connectivity index (χ4v) is 5.52. The molecule has 37 heavy (non-hydrogen) atoms. The third-order valence-electron chi connectivity index (χ3n) is 7.64. The van der Waals surface area contributed by atoms with Crippen LogP contribution in [0.4, 0.5) is 10.1 Å². The van der Waals surface area contributed by atoms with Gasteiger partial charge in [-0.15, -0.1) is 0 Å². The Balaban J connectivity index is 0.000000361. The lowest BCUT2D eigenvalue weighted by molar-refractivity contribution is 0.240.